The highest BCUT2D eigenvalue weighted by molar-refractivity contribution is 5.77. The van der Waals surface area contributed by atoms with Crippen LogP contribution in [-0.4, -0.2) is 55.5 Å². The van der Waals surface area contributed by atoms with Crippen LogP contribution in [0.15, 0.2) is 5.11 Å². The Morgan fingerprint density at radius 1 is 1.36 bits per heavy atom. The minimum absolute atomic E-state index is 0.586. The van der Waals surface area contributed by atoms with E-state index in [1.807, 2.05) is 0 Å². The van der Waals surface area contributed by atoms with Crippen molar-refractivity contribution in [2.75, 3.05) is 7.11 Å². The van der Waals surface area contributed by atoms with Gasteiger partial charge in [-0.3, -0.25) is 9.59 Å². The fraction of sp³-hybridized carbons (Fsp3) is 0.833. The zero-order valence-electron chi connectivity index (χ0n) is 12.6. The Kier molecular flexibility index (Phi) is 4.57. The highest BCUT2D eigenvalue weighted by atomic mass is 16.8. The lowest BCUT2D eigenvalue weighted by Gasteiger charge is -2.27. The Morgan fingerprint density at radius 3 is 2.59 bits per heavy atom. The van der Waals surface area contributed by atoms with Crippen LogP contribution in [0.25, 0.3) is 10.4 Å². The van der Waals surface area contributed by atoms with E-state index < -0.39 is 48.4 Å². The number of esters is 2. The first-order chi connectivity index (χ1) is 10.3. The van der Waals surface area contributed by atoms with Gasteiger partial charge < -0.3 is 23.7 Å². The normalized spacial score (nSPS) is 33.5. The van der Waals surface area contributed by atoms with Gasteiger partial charge in [-0.25, -0.2) is 0 Å². The van der Waals surface area contributed by atoms with E-state index in [-0.39, 0.29) is 0 Å². The average molecular weight is 315 g/mol. The van der Waals surface area contributed by atoms with E-state index in [2.05, 4.69) is 14.8 Å². The summed E-state index contributed by atoms with van der Waals surface area (Å²) in [5, 5.41) is 3.38. The molecule has 2 saturated heterocycles. The molecule has 0 spiro atoms. The average Bonchev–Trinajstić information content (AvgIpc) is 2.88. The second kappa shape index (κ2) is 6.09. The molecule has 2 fully saturated rings. The number of ether oxygens (including phenoxy) is 5. The summed E-state index contributed by atoms with van der Waals surface area (Å²) in [6.45, 7) is 4.57. The molecule has 2 rings (SSSR count). The van der Waals surface area contributed by atoms with Crippen molar-refractivity contribution in [1.82, 2.24) is 0 Å². The Morgan fingerprint density at radius 2 is 2.05 bits per heavy atom. The standard InChI is InChI=1S/C12H17N3O7/c1-5(16)19-8-7(6(14-15-13)10(17)18-4)20-11-9(8)21-12(2,3)22-11/h6-9,11H,1-4H3/t6-,7-,8-,9+,11+/m0/s1. The number of hydrogen-bond donors (Lipinski definition) is 0. The Hall–Kier alpha value is -1.87. The molecule has 0 aliphatic carbocycles. The summed E-state index contributed by atoms with van der Waals surface area (Å²) in [5.41, 5.74) is 8.62. The smallest absolute Gasteiger partial charge is 0.317 e. The van der Waals surface area contributed by atoms with E-state index in [4.69, 9.17) is 24.5 Å². The fourth-order valence-electron chi connectivity index (χ4n) is 2.51. The van der Waals surface area contributed by atoms with Gasteiger partial charge in [-0.1, -0.05) is 5.11 Å². The highest BCUT2D eigenvalue weighted by Crippen LogP contribution is 2.40. The van der Waals surface area contributed by atoms with E-state index in [9.17, 15) is 9.59 Å². The first-order valence-electron chi connectivity index (χ1n) is 6.59. The molecule has 0 radical (unpaired) electrons. The number of methoxy groups -OCH3 is 1. The number of azide groups is 1. The summed E-state index contributed by atoms with van der Waals surface area (Å²) in [5.74, 6) is -2.31. The van der Waals surface area contributed by atoms with Crippen LogP contribution in [0.1, 0.15) is 20.8 Å². The fourth-order valence-corrected chi connectivity index (χ4v) is 2.51. The van der Waals surface area contributed by atoms with Gasteiger partial charge in [-0.05, 0) is 19.4 Å². The molecule has 10 nitrogen and oxygen atoms in total. The molecular weight excluding hydrogens is 298 g/mol. The van der Waals surface area contributed by atoms with E-state index in [0.29, 0.717) is 0 Å². The molecule has 10 heteroatoms. The lowest BCUT2D eigenvalue weighted by molar-refractivity contribution is -0.221. The molecule has 0 unspecified atom stereocenters. The predicted octanol–water partition coefficient (Wildman–Crippen LogP) is 0.646. The van der Waals surface area contributed by atoms with Gasteiger partial charge >= 0.3 is 11.9 Å². The molecule has 122 valence electrons. The van der Waals surface area contributed by atoms with Gasteiger partial charge in [0.05, 0.1) is 7.11 Å². The quantitative estimate of drug-likeness (QED) is 0.322. The van der Waals surface area contributed by atoms with Crippen molar-refractivity contribution in [1.29, 1.82) is 0 Å². The molecule has 0 aromatic heterocycles. The number of carbonyl (C=O) groups is 2. The van der Waals surface area contributed by atoms with Crippen molar-refractivity contribution in [2.45, 2.75) is 57.2 Å². The minimum atomic E-state index is -1.32. The second-order valence-electron chi connectivity index (χ2n) is 5.32. The van der Waals surface area contributed by atoms with Gasteiger partial charge in [-0.2, -0.15) is 0 Å². The lowest BCUT2D eigenvalue weighted by Crippen LogP contribution is -2.45. The molecule has 22 heavy (non-hydrogen) atoms. The van der Waals surface area contributed by atoms with Gasteiger partial charge in [0.1, 0.15) is 6.10 Å². The molecule has 0 aromatic rings. The van der Waals surface area contributed by atoms with Crippen LogP contribution in [0.5, 0.6) is 0 Å². The van der Waals surface area contributed by atoms with Crippen molar-refractivity contribution in [3.05, 3.63) is 10.4 Å². The largest absolute Gasteiger partial charge is 0.469 e. The molecule has 5 atom stereocenters. The maximum Gasteiger partial charge on any atom is 0.317 e. The molecule has 2 aliphatic rings. The van der Waals surface area contributed by atoms with Crippen LogP contribution in [-0.2, 0) is 33.3 Å². The number of hydrogen-bond acceptors (Lipinski definition) is 8. The number of carbonyl (C=O) groups excluding carboxylic acids is 2. The van der Waals surface area contributed by atoms with E-state index in [1.165, 1.54) is 6.92 Å². The predicted molar refractivity (Wildman–Crippen MR) is 69.2 cm³/mol. The molecule has 0 N–H and O–H groups in total. The van der Waals surface area contributed by atoms with Gasteiger partial charge in [0, 0.05) is 11.8 Å². The highest BCUT2D eigenvalue weighted by Gasteiger charge is 2.59. The van der Waals surface area contributed by atoms with Gasteiger partial charge in [-0.15, -0.1) is 0 Å². The number of rotatable bonds is 4. The summed E-state index contributed by atoms with van der Waals surface area (Å²) >= 11 is 0. The maximum absolute atomic E-state index is 11.8. The Bertz CT molecular complexity index is 517. The first kappa shape index (κ1) is 16.5. The summed E-state index contributed by atoms with van der Waals surface area (Å²) in [4.78, 5) is 25.7. The topological polar surface area (TPSA) is 129 Å². The third-order valence-corrected chi connectivity index (χ3v) is 3.26. The summed E-state index contributed by atoms with van der Waals surface area (Å²) < 4.78 is 26.5. The van der Waals surface area contributed by atoms with E-state index in [1.54, 1.807) is 13.8 Å². The van der Waals surface area contributed by atoms with Crippen LogP contribution in [0.4, 0.5) is 0 Å². The molecule has 0 saturated carbocycles. The molecular formula is C12H17N3O7. The third-order valence-electron chi connectivity index (χ3n) is 3.26. The zero-order chi connectivity index (χ0) is 16.5. The number of fused-ring (bicyclic) bond motifs is 1. The van der Waals surface area contributed by atoms with Crippen LogP contribution in [0.2, 0.25) is 0 Å². The lowest BCUT2D eigenvalue weighted by atomic mass is 10.0. The summed E-state index contributed by atoms with van der Waals surface area (Å²) in [6.07, 6.45) is -3.59. The van der Waals surface area contributed by atoms with Gasteiger partial charge in [0.2, 0.25) is 0 Å². The van der Waals surface area contributed by atoms with E-state index >= 15 is 0 Å². The summed E-state index contributed by atoms with van der Waals surface area (Å²) in [7, 11) is 1.15. The van der Waals surface area contributed by atoms with Crippen molar-refractivity contribution in [3.63, 3.8) is 0 Å². The maximum atomic E-state index is 11.8. The number of nitrogens with zero attached hydrogens (tertiary/aromatic N) is 3. The first-order valence-corrected chi connectivity index (χ1v) is 6.59. The molecule has 0 amide bonds. The second-order valence-corrected chi connectivity index (χ2v) is 5.32. The Labute approximate surface area is 126 Å². The third kappa shape index (κ3) is 3.14. The van der Waals surface area contributed by atoms with Crippen molar-refractivity contribution >= 4 is 11.9 Å². The van der Waals surface area contributed by atoms with Crippen molar-refractivity contribution in [3.8, 4) is 0 Å². The van der Waals surface area contributed by atoms with Crippen LogP contribution in [0, 0.1) is 0 Å². The zero-order valence-corrected chi connectivity index (χ0v) is 12.6. The molecule has 0 aromatic carbocycles. The monoisotopic (exact) mass is 315 g/mol. The molecule has 0 bridgehead atoms. The summed E-state index contributed by atoms with van der Waals surface area (Å²) in [6, 6.07) is -1.32. The molecule has 2 heterocycles. The van der Waals surface area contributed by atoms with Gasteiger partial charge in [0.15, 0.2) is 30.3 Å². The minimum Gasteiger partial charge on any atom is -0.469 e. The Balaban J connectivity index is 2.28. The van der Waals surface area contributed by atoms with Crippen molar-refractivity contribution < 1.29 is 33.3 Å². The van der Waals surface area contributed by atoms with Crippen molar-refractivity contribution in [2.24, 2.45) is 5.11 Å². The van der Waals surface area contributed by atoms with Gasteiger partial charge in [0.25, 0.3) is 0 Å². The SMILES string of the molecule is COC(=O)[C@@H](N=[N+]=[N-])[C@@H]1O[C@@H]2OC(C)(C)O[C@@H]2[C@H]1OC(C)=O. The van der Waals surface area contributed by atoms with Crippen LogP contribution in [0.3, 0.4) is 0 Å². The molecule has 2 aliphatic heterocycles. The van der Waals surface area contributed by atoms with Crippen LogP contribution >= 0.6 is 0 Å². The van der Waals surface area contributed by atoms with E-state index in [0.717, 1.165) is 7.11 Å². The van der Waals surface area contributed by atoms with Crippen LogP contribution < -0.4 is 0 Å².